The molecule has 0 saturated heterocycles. The van der Waals surface area contributed by atoms with Crippen molar-refractivity contribution in [3.63, 3.8) is 0 Å². The summed E-state index contributed by atoms with van der Waals surface area (Å²) < 4.78 is 53.7. The highest BCUT2D eigenvalue weighted by atomic mass is 32.2. The van der Waals surface area contributed by atoms with Crippen molar-refractivity contribution in [3.05, 3.63) is 54.6 Å². The number of rotatable bonds is 8. The van der Waals surface area contributed by atoms with E-state index in [2.05, 4.69) is 4.72 Å². The molecule has 0 bridgehead atoms. The minimum atomic E-state index is -3.88. The van der Waals surface area contributed by atoms with Crippen LogP contribution in [0.5, 0.6) is 0 Å². The average molecular weight is 383 g/mol. The summed E-state index contributed by atoms with van der Waals surface area (Å²) in [6.45, 7) is 2.31. The zero-order valence-electron chi connectivity index (χ0n) is 14.2. The highest BCUT2D eigenvalue weighted by molar-refractivity contribution is 7.93. The predicted molar refractivity (Wildman–Crippen MR) is 98.6 cm³/mol. The van der Waals surface area contributed by atoms with E-state index in [1.54, 1.807) is 24.3 Å². The van der Waals surface area contributed by atoms with Gasteiger partial charge in [0.25, 0.3) is 10.0 Å². The van der Waals surface area contributed by atoms with E-state index in [9.17, 15) is 16.8 Å². The third-order valence-corrected chi connectivity index (χ3v) is 6.97. The molecule has 0 spiro atoms. The van der Waals surface area contributed by atoms with Crippen LogP contribution >= 0.6 is 0 Å². The number of unbranched alkanes of at least 4 members (excludes halogenated alkanes) is 1. The SMILES string of the molecule is CCCCN(c1ccccc1)S(=O)(=O)c1cccc(S(=O)(=O)NC)c1. The molecule has 0 amide bonds. The minimum Gasteiger partial charge on any atom is -0.266 e. The Labute approximate surface area is 149 Å². The van der Waals surface area contributed by atoms with Crippen molar-refractivity contribution in [1.82, 2.24) is 4.72 Å². The Kier molecular flexibility index (Phi) is 6.21. The molecule has 25 heavy (non-hydrogen) atoms. The molecule has 8 heteroatoms. The maximum atomic E-state index is 13.1. The van der Waals surface area contributed by atoms with Gasteiger partial charge in [0.15, 0.2) is 0 Å². The smallest absolute Gasteiger partial charge is 0.264 e. The van der Waals surface area contributed by atoms with E-state index in [0.29, 0.717) is 18.7 Å². The first-order chi connectivity index (χ1) is 11.8. The van der Waals surface area contributed by atoms with Crippen molar-refractivity contribution in [2.45, 2.75) is 29.6 Å². The van der Waals surface area contributed by atoms with Crippen molar-refractivity contribution >= 4 is 25.7 Å². The Hall–Kier alpha value is -1.90. The fourth-order valence-electron chi connectivity index (χ4n) is 2.33. The normalized spacial score (nSPS) is 12.1. The number of anilines is 1. The Morgan fingerprint density at radius 3 is 2.16 bits per heavy atom. The number of para-hydroxylation sites is 1. The van der Waals surface area contributed by atoms with E-state index in [1.807, 2.05) is 13.0 Å². The van der Waals surface area contributed by atoms with Crippen LogP contribution in [0.2, 0.25) is 0 Å². The van der Waals surface area contributed by atoms with Crippen LogP contribution < -0.4 is 9.03 Å². The topological polar surface area (TPSA) is 83.6 Å². The lowest BCUT2D eigenvalue weighted by Gasteiger charge is -2.24. The summed E-state index contributed by atoms with van der Waals surface area (Å²) in [5, 5.41) is 0. The second kappa shape index (κ2) is 7.99. The van der Waals surface area contributed by atoms with Gasteiger partial charge in [0.05, 0.1) is 15.5 Å². The molecule has 0 atom stereocenters. The van der Waals surface area contributed by atoms with Gasteiger partial charge < -0.3 is 0 Å². The van der Waals surface area contributed by atoms with E-state index >= 15 is 0 Å². The first kappa shape index (κ1) is 19.4. The van der Waals surface area contributed by atoms with Crippen LogP contribution in [0.1, 0.15) is 19.8 Å². The van der Waals surface area contributed by atoms with Crippen molar-refractivity contribution in [1.29, 1.82) is 0 Å². The van der Waals surface area contributed by atoms with E-state index in [1.165, 1.54) is 35.6 Å². The highest BCUT2D eigenvalue weighted by Gasteiger charge is 2.26. The van der Waals surface area contributed by atoms with Gasteiger partial charge in [-0.05, 0) is 43.8 Å². The molecule has 136 valence electrons. The van der Waals surface area contributed by atoms with Crippen LogP contribution in [0.15, 0.2) is 64.4 Å². The number of hydrogen-bond acceptors (Lipinski definition) is 4. The standard InChI is InChI=1S/C17H22N2O4S2/c1-3-4-13-19(15-9-6-5-7-10-15)25(22,23)17-12-8-11-16(14-17)24(20,21)18-2/h5-12,14,18H,3-4,13H2,1-2H3. The number of nitrogens with one attached hydrogen (secondary N) is 1. The number of sulfonamides is 2. The van der Waals surface area contributed by atoms with E-state index in [-0.39, 0.29) is 9.79 Å². The van der Waals surface area contributed by atoms with Crippen molar-refractivity contribution in [2.24, 2.45) is 0 Å². The van der Waals surface area contributed by atoms with Gasteiger partial charge in [0.2, 0.25) is 10.0 Å². The molecule has 1 N–H and O–H groups in total. The molecule has 0 heterocycles. The molecule has 0 saturated carbocycles. The van der Waals surface area contributed by atoms with Gasteiger partial charge in [-0.1, -0.05) is 37.6 Å². The summed E-state index contributed by atoms with van der Waals surface area (Å²) in [5.41, 5.74) is 0.554. The number of nitrogens with zero attached hydrogens (tertiary/aromatic N) is 1. The average Bonchev–Trinajstić information content (AvgIpc) is 2.63. The van der Waals surface area contributed by atoms with Gasteiger partial charge in [0.1, 0.15) is 0 Å². The van der Waals surface area contributed by atoms with Crippen molar-refractivity contribution in [2.75, 3.05) is 17.9 Å². The highest BCUT2D eigenvalue weighted by Crippen LogP contribution is 2.25. The summed E-state index contributed by atoms with van der Waals surface area (Å²) in [6.07, 6.45) is 1.54. The Bertz CT molecular complexity index is 911. The number of benzene rings is 2. The third kappa shape index (κ3) is 4.39. The Morgan fingerprint density at radius 1 is 0.920 bits per heavy atom. The van der Waals surface area contributed by atoms with Gasteiger partial charge in [-0.25, -0.2) is 21.6 Å². The first-order valence-electron chi connectivity index (χ1n) is 7.94. The molecule has 0 aliphatic heterocycles. The molecule has 0 unspecified atom stereocenters. The van der Waals surface area contributed by atoms with Crippen molar-refractivity contribution in [3.8, 4) is 0 Å². The van der Waals surface area contributed by atoms with Crippen molar-refractivity contribution < 1.29 is 16.8 Å². The van der Waals surface area contributed by atoms with Gasteiger partial charge in [-0.15, -0.1) is 0 Å². The summed E-state index contributed by atoms with van der Waals surface area (Å²) >= 11 is 0. The second-order valence-electron chi connectivity index (χ2n) is 5.45. The number of hydrogen-bond donors (Lipinski definition) is 1. The van der Waals surface area contributed by atoms with Crippen LogP contribution in [0, 0.1) is 0 Å². The zero-order valence-corrected chi connectivity index (χ0v) is 15.8. The largest absolute Gasteiger partial charge is 0.266 e. The van der Waals surface area contributed by atoms with Crippen LogP contribution in [0.3, 0.4) is 0 Å². The molecular formula is C17H22N2O4S2. The molecule has 0 aliphatic rings. The predicted octanol–water partition coefficient (Wildman–Crippen LogP) is 2.59. The fraction of sp³-hybridized carbons (Fsp3) is 0.294. The Morgan fingerprint density at radius 2 is 1.56 bits per heavy atom. The lowest BCUT2D eigenvalue weighted by atomic mass is 10.3. The lowest BCUT2D eigenvalue weighted by Crippen LogP contribution is -2.32. The van der Waals surface area contributed by atoms with Crippen LogP contribution in [0.25, 0.3) is 0 Å². The van der Waals surface area contributed by atoms with E-state index < -0.39 is 20.0 Å². The monoisotopic (exact) mass is 382 g/mol. The Balaban J connectivity index is 2.52. The first-order valence-corrected chi connectivity index (χ1v) is 10.9. The maximum Gasteiger partial charge on any atom is 0.264 e. The van der Waals surface area contributed by atoms with Gasteiger partial charge in [-0.3, -0.25) is 4.31 Å². The molecule has 6 nitrogen and oxygen atoms in total. The molecular weight excluding hydrogens is 360 g/mol. The minimum absolute atomic E-state index is 0.0521. The summed E-state index contributed by atoms with van der Waals surface area (Å²) in [6, 6.07) is 14.2. The molecule has 0 radical (unpaired) electrons. The lowest BCUT2D eigenvalue weighted by molar-refractivity contribution is 0.586. The summed E-state index contributed by atoms with van der Waals surface area (Å²) in [4.78, 5) is -0.136. The summed E-state index contributed by atoms with van der Waals surface area (Å²) in [7, 11) is -6.31. The molecule has 2 aromatic carbocycles. The van der Waals surface area contributed by atoms with Gasteiger partial charge >= 0.3 is 0 Å². The zero-order chi connectivity index (χ0) is 18.5. The fourth-order valence-corrected chi connectivity index (χ4v) is 4.73. The van der Waals surface area contributed by atoms with E-state index in [0.717, 1.165) is 6.42 Å². The maximum absolute atomic E-state index is 13.1. The quantitative estimate of drug-likeness (QED) is 0.761. The van der Waals surface area contributed by atoms with Gasteiger partial charge in [0, 0.05) is 6.54 Å². The molecule has 0 aliphatic carbocycles. The van der Waals surface area contributed by atoms with Crippen LogP contribution in [0.4, 0.5) is 5.69 Å². The third-order valence-electron chi connectivity index (χ3n) is 3.73. The molecule has 0 fully saturated rings. The molecule has 2 aromatic rings. The van der Waals surface area contributed by atoms with Crippen LogP contribution in [-0.2, 0) is 20.0 Å². The molecule has 2 rings (SSSR count). The second-order valence-corrected chi connectivity index (χ2v) is 9.20. The summed E-state index contributed by atoms with van der Waals surface area (Å²) in [5.74, 6) is 0. The van der Waals surface area contributed by atoms with E-state index in [4.69, 9.17) is 0 Å². The molecule has 0 aromatic heterocycles. The van der Waals surface area contributed by atoms with Gasteiger partial charge in [-0.2, -0.15) is 0 Å². The van der Waals surface area contributed by atoms with Crippen LogP contribution in [-0.4, -0.2) is 30.4 Å².